The van der Waals surface area contributed by atoms with Crippen molar-refractivity contribution >= 4 is 5.91 Å². The Kier molecular flexibility index (Phi) is 6.65. The molecule has 1 aliphatic rings. The van der Waals surface area contributed by atoms with Crippen LogP contribution < -0.4 is 10.6 Å². The van der Waals surface area contributed by atoms with E-state index in [4.69, 9.17) is 4.74 Å². The van der Waals surface area contributed by atoms with Gasteiger partial charge in [0.05, 0.1) is 18.7 Å². The van der Waals surface area contributed by atoms with E-state index in [2.05, 4.69) is 31.4 Å². The van der Waals surface area contributed by atoms with E-state index in [1.54, 1.807) is 0 Å². The van der Waals surface area contributed by atoms with Crippen molar-refractivity contribution in [2.45, 2.75) is 65.1 Å². The number of piperidine rings is 1. The summed E-state index contributed by atoms with van der Waals surface area (Å²) in [5.41, 5.74) is 0. The smallest absolute Gasteiger partial charge is 0.237 e. The maximum absolute atomic E-state index is 12.2. The van der Waals surface area contributed by atoms with Crippen LogP contribution in [0.25, 0.3) is 0 Å². The van der Waals surface area contributed by atoms with Gasteiger partial charge in [-0.2, -0.15) is 0 Å². The Morgan fingerprint density at radius 2 is 2.17 bits per heavy atom. The Morgan fingerprint density at radius 1 is 1.44 bits per heavy atom. The van der Waals surface area contributed by atoms with Crippen LogP contribution in [0.15, 0.2) is 0 Å². The average molecular weight is 256 g/mol. The summed E-state index contributed by atoms with van der Waals surface area (Å²) in [6.45, 7) is 9.63. The summed E-state index contributed by atoms with van der Waals surface area (Å²) in [5.74, 6) is 0.515. The van der Waals surface area contributed by atoms with E-state index in [0.29, 0.717) is 25.2 Å². The summed E-state index contributed by atoms with van der Waals surface area (Å²) in [4.78, 5) is 12.2. The lowest BCUT2D eigenvalue weighted by atomic mass is 9.98. The molecule has 1 amide bonds. The maximum atomic E-state index is 12.2. The first-order valence-corrected chi connectivity index (χ1v) is 7.18. The molecule has 1 saturated heterocycles. The highest BCUT2D eigenvalue weighted by Gasteiger charge is 2.26. The lowest BCUT2D eigenvalue weighted by molar-refractivity contribution is -0.125. The molecule has 0 aromatic heterocycles. The van der Waals surface area contributed by atoms with Crippen LogP contribution in [0, 0.1) is 5.92 Å². The summed E-state index contributed by atoms with van der Waals surface area (Å²) in [6.07, 6.45) is 3.23. The third-order valence-corrected chi connectivity index (χ3v) is 3.57. The second kappa shape index (κ2) is 7.74. The first-order chi connectivity index (χ1) is 8.54. The van der Waals surface area contributed by atoms with Crippen LogP contribution in [0.5, 0.6) is 0 Å². The van der Waals surface area contributed by atoms with Gasteiger partial charge in [-0.05, 0) is 39.0 Å². The first-order valence-electron chi connectivity index (χ1n) is 7.18. The van der Waals surface area contributed by atoms with Crippen molar-refractivity contribution in [1.29, 1.82) is 0 Å². The molecule has 18 heavy (non-hydrogen) atoms. The standard InChI is InChI=1S/C14H28N2O2/c1-5-18-9-13(10(2)3)16-14(17)12-8-6-7-11(4)15-12/h10-13,15H,5-9H2,1-4H3,(H,16,17). The minimum atomic E-state index is -0.0309. The fraction of sp³-hybridized carbons (Fsp3) is 0.929. The minimum Gasteiger partial charge on any atom is -0.380 e. The number of rotatable bonds is 6. The van der Waals surface area contributed by atoms with Crippen molar-refractivity contribution in [1.82, 2.24) is 10.6 Å². The van der Waals surface area contributed by atoms with Gasteiger partial charge >= 0.3 is 0 Å². The van der Waals surface area contributed by atoms with Gasteiger partial charge in [-0.1, -0.05) is 13.8 Å². The fourth-order valence-electron chi connectivity index (χ4n) is 2.27. The van der Waals surface area contributed by atoms with Gasteiger partial charge in [0.2, 0.25) is 5.91 Å². The molecular formula is C14H28N2O2. The van der Waals surface area contributed by atoms with Crippen LogP contribution in [-0.2, 0) is 9.53 Å². The number of carbonyl (C=O) groups is 1. The topological polar surface area (TPSA) is 50.4 Å². The van der Waals surface area contributed by atoms with E-state index in [1.165, 1.54) is 0 Å². The number of hydrogen-bond acceptors (Lipinski definition) is 3. The molecule has 1 heterocycles. The van der Waals surface area contributed by atoms with Gasteiger partial charge in [0.25, 0.3) is 0 Å². The highest BCUT2D eigenvalue weighted by Crippen LogP contribution is 2.13. The van der Waals surface area contributed by atoms with E-state index < -0.39 is 0 Å². The number of ether oxygens (including phenoxy) is 1. The number of carbonyl (C=O) groups excluding carboxylic acids is 1. The molecule has 4 heteroatoms. The Hall–Kier alpha value is -0.610. The average Bonchev–Trinajstić information content (AvgIpc) is 2.33. The van der Waals surface area contributed by atoms with E-state index in [9.17, 15) is 4.79 Å². The highest BCUT2D eigenvalue weighted by molar-refractivity contribution is 5.82. The molecule has 0 bridgehead atoms. The molecule has 1 fully saturated rings. The Morgan fingerprint density at radius 3 is 2.72 bits per heavy atom. The summed E-state index contributed by atoms with van der Waals surface area (Å²) < 4.78 is 5.43. The van der Waals surface area contributed by atoms with Gasteiger partial charge < -0.3 is 15.4 Å². The molecule has 0 radical (unpaired) electrons. The molecule has 1 rings (SSSR count). The van der Waals surface area contributed by atoms with Gasteiger partial charge in [-0.3, -0.25) is 4.79 Å². The largest absolute Gasteiger partial charge is 0.380 e. The van der Waals surface area contributed by atoms with E-state index >= 15 is 0 Å². The van der Waals surface area contributed by atoms with E-state index in [1.807, 2.05) is 6.92 Å². The van der Waals surface area contributed by atoms with E-state index in [0.717, 1.165) is 19.3 Å². The lowest BCUT2D eigenvalue weighted by Gasteiger charge is -2.30. The zero-order valence-corrected chi connectivity index (χ0v) is 12.2. The van der Waals surface area contributed by atoms with Crippen LogP contribution in [0.2, 0.25) is 0 Å². The van der Waals surface area contributed by atoms with Gasteiger partial charge in [-0.15, -0.1) is 0 Å². The Balaban J connectivity index is 2.44. The monoisotopic (exact) mass is 256 g/mol. The molecule has 0 aromatic rings. The lowest BCUT2D eigenvalue weighted by Crippen LogP contribution is -2.54. The third-order valence-electron chi connectivity index (χ3n) is 3.57. The molecule has 0 saturated carbocycles. The molecule has 3 unspecified atom stereocenters. The van der Waals surface area contributed by atoms with Gasteiger partial charge in [0.15, 0.2) is 0 Å². The number of hydrogen-bond donors (Lipinski definition) is 2. The Bertz CT molecular complexity index is 256. The van der Waals surface area contributed by atoms with Crippen LogP contribution >= 0.6 is 0 Å². The van der Waals surface area contributed by atoms with Crippen molar-refractivity contribution in [2.24, 2.45) is 5.92 Å². The quantitative estimate of drug-likeness (QED) is 0.760. The van der Waals surface area contributed by atoms with Crippen molar-refractivity contribution in [2.75, 3.05) is 13.2 Å². The molecule has 0 aliphatic carbocycles. The molecule has 106 valence electrons. The van der Waals surface area contributed by atoms with Crippen LogP contribution in [-0.4, -0.2) is 37.2 Å². The van der Waals surface area contributed by atoms with Crippen molar-refractivity contribution in [3.8, 4) is 0 Å². The molecule has 1 aliphatic heterocycles. The van der Waals surface area contributed by atoms with Crippen LogP contribution in [0.3, 0.4) is 0 Å². The normalized spacial score (nSPS) is 26.1. The maximum Gasteiger partial charge on any atom is 0.237 e. The minimum absolute atomic E-state index is 0.0309. The van der Waals surface area contributed by atoms with Crippen LogP contribution in [0.4, 0.5) is 0 Å². The zero-order valence-electron chi connectivity index (χ0n) is 12.2. The third kappa shape index (κ3) is 4.94. The van der Waals surface area contributed by atoms with Gasteiger partial charge in [-0.25, -0.2) is 0 Å². The predicted molar refractivity (Wildman–Crippen MR) is 73.5 cm³/mol. The molecule has 4 nitrogen and oxygen atoms in total. The summed E-state index contributed by atoms with van der Waals surface area (Å²) in [7, 11) is 0. The van der Waals surface area contributed by atoms with Crippen molar-refractivity contribution < 1.29 is 9.53 Å². The van der Waals surface area contributed by atoms with Crippen molar-refractivity contribution in [3.63, 3.8) is 0 Å². The fourth-order valence-corrected chi connectivity index (χ4v) is 2.27. The SMILES string of the molecule is CCOCC(NC(=O)C1CCCC(C)N1)C(C)C. The molecule has 0 aromatic carbocycles. The van der Waals surface area contributed by atoms with Crippen LogP contribution in [0.1, 0.15) is 47.0 Å². The van der Waals surface area contributed by atoms with E-state index in [-0.39, 0.29) is 18.0 Å². The Labute approximate surface area is 111 Å². The first kappa shape index (κ1) is 15.4. The summed E-state index contributed by atoms with van der Waals surface area (Å²) in [5, 5.41) is 6.48. The molecule has 0 spiro atoms. The second-order valence-electron chi connectivity index (χ2n) is 5.57. The summed E-state index contributed by atoms with van der Waals surface area (Å²) in [6, 6.07) is 0.520. The predicted octanol–water partition coefficient (Wildman–Crippen LogP) is 1.69. The summed E-state index contributed by atoms with van der Waals surface area (Å²) >= 11 is 0. The molecule has 3 atom stereocenters. The number of amides is 1. The van der Waals surface area contributed by atoms with Gasteiger partial charge in [0.1, 0.15) is 0 Å². The van der Waals surface area contributed by atoms with Crippen molar-refractivity contribution in [3.05, 3.63) is 0 Å². The van der Waals surface area contributed by atoms with Gasteiger partial charge in [0, 0.05) is 12.6 Å². The zero-order chi connectivity index (χ0) is 13.5. The highest BCUT2D eigenvalue weighted by atomic mass is 16.5. The number of nitrogens with one attached hydrogen (secondary N) is 2. The molecule has 2 N–H and O–H groups in total. The molecular weight excluding hydrogens is 228 g/mol. The second-order valence-corrected chi connectivity index (χ2v) is 5.57.